The summed E-state index contributed by atoms with van der Waals surface area (Å²) >= 11 is 0. The summed E-state index contributed by atoms with van der Waals surface area (Å²) in [6.07, 6.45) is -0.598. The fourth-order valence-corrected chi connectivity index (χ4v) is 5.40. The number of alkyl halides is 3. The first-order chi connectivity index (χ1) is 13.9. The van der Waals surface area contributed by atoms with Crippen LogP contribution in [0, 0.1) is 23.2 Å². The Morgan fingerprint density at radius 2 is 1.43 bits per heavy atom. The lowest BCUT2D eigenvalue weighted by atomic mass is 9.49. The van der Waals surface area contributed by atoms with E-state index >= 15 is 0 Å². The number of halogens is 3. The Morgan fingerprint density at radius 1 is 0.967 bits per heavy atom. The van der Waals surface area contributed by atoms with Gasteiger partial charge in [-0.05, 0) is 70.1 Å². The van der Waals surface area contributed by atoms with Gasteiger partial charge in [0.1, 0.15) is 13.2 Å². The molecule has 168 valence electrons. The Hall–Kier alpha value is -2.06. The molecule has 0 aromatic heterocycles. The Morgan fingerprint density at radius 3 is 1.87 bits per heavy atom. The highest BCUT2D eigenvalue weighted by molar-refractivity contribution is 5.87. The molecule has 0 N–H and O–H groups in total. The van der Waals surface area contributed by atoms with Gasteiger partial charge in [-0.1, -0.05) is 6.58 Å². The van der Waals surface area contributed by atoms with Crippen LogP contribution in [0.3, 0.4) is 0 Å². The van der Waals surface area contributed by atoms with Gasteiger partial charge in [-0.25, -0.2) is 9.59 Å². The van der Waals surface area contributed by atoms with Gasteiger partial charge in [-0.2, -0.15) is 13.2 Å². The zero-order valence-electron chi connectivity index (χ0n) is 17.2. The maximum atomic E-state index is 13.8. The van der Waals surface area contributed by atoms with Gasteiger partial charge in [0.05, 0.1) is 5.41 Å². The zero-order valence-corrected chi connectivity index (χ0v) is 17.2. The lowest BCUT2D eigenvalue weighted by molar-refractivity contribution is -0.272. The molecule has 0 radical (unpaired) electrons. The third-order valence-electron chi connectivity index (χ3n) is 6.60. The molecule has 1 unspecified atom stereocenters. The molecule has 4 aliphatic rings. The van der Waals surface area contributed by atoms with E-state index in [1.807, 2.05) is 0 Å². The van der Waals surface area contributed by atoms with Gasteiger partial charge in [-0.3, -0.25) is 4.79 Å². The van der Waals surface area contributed by atoms with E-state index in [1.165, 1.54) is 6.92 Å². The van der Waals surface area contributed by atoms with Gasteiger partial charge < -0.3 is 14.2 Å². The second-order valence-electron chi connectivity index (χ2n) is 9.17. The molecule has 4 aliphatic carbocycles. The number of rotatable bonds is 7. The maximum Gasteiger partial charge on any atom is 0.439 e. The van der Waals surface area contributed by atoms with Crippen LogP contribution in [-0.2, 0) is 28.6 Å². The molecule has 0 aromatic rings. The van der Waals surface area contributed by atoms with Crippen molar-refractivity contribution < 1.29 is 41.8 Å². The van der Waals surface area contributed by atoms with Crippen molar-refractivity contribution in [2.45, 2.75) is 64.1 Å². The molecule has 30 heavy (non-hydrogen) atoms. The lowest BCUT2D eigenvalue weighted by Crippen LogP contribution is -2.58. The molecule has 0 aliphatic heterocycles. The normalized spacial score (nSPS) is 31.6. The average molecular weight is 432 g/mol. The summed E-state index contributed by atoms with van der Waals surface area (Å²) in [5, 5.41) is 0. The van der Waals surface area contributed by atoms with Crippen molar-refractivity contribution in [3.05, 3.63) is 12.2 Å². The Balaban J connectivity index is 1.66. The molecule has 6 nitrogen and oxygen atoms in total. The number of esters is 3. The molecule has 1 atom stereocenters. The van der Waals surface area contributed by atoms with E-state index in [9.17, 15) is 27.6 Å². The number of hydrogen-bond acceptors (Lipinski definition) is 6. The van der Waals surface area contributed by atoms with Crippen LogP contribution in [0.25, 0.3) is 0 Å². The predicted octanol–water partition coefficient (Wildman–Crippen LogP) is 3.73. The minimum absolute atomic E-state index is 0.103. The Kier molecular flexibility index (Phi) is 5.95. The van der Waals surface area contributed by atoms with Crippen molar-refractivity contribution in [3.8, 4) is 0 Å². The van der Waals surface area contributed by atoms with Crippen LogP contribution in [0.15, 0.2) is 12.2 Å². The third-order valence-corrected chi connectivity index (χ3v) is 6.60. The molecule has 4 fully saturated rings. The van der Waals surface area contributed by atoms with Crippen LogP contribution in [0.5, 0.6) is 0 Å². The second-order valence-corrected chi connectivity index (χ2v) is 9.17. The molecule has 0 aromatic carbocycles. The molecule has 9 heteroatoms. The highest BCUT2D eigenvalue weighted by atomic mass is 19.4. The molecular weight excluding hydrogens is 405 g/mol. The summed E-state index contributed by atoms with van der Waals surface area (Å²) in [7, 11) is 0. The van der Waals surface area contributed by atoms with E-state index in [0.717, 1.165) is 19.3 Å². The SMILES string of the molecule is C=C(C)C(=O)OCCOC(=O)C(C)(OC(=O)C12CC3CC(CC(C3)C1)C2)C(F)(F)F. The van der Waals surface area contributed by atoms with Crippen LogP contribution in [0.4, 0.5) is 13.2 Å². The van der Waals surface area contributed by atoms with Gasteiger partial charge in [0.2, 0.25) is 0 Å². The summed E-state index contributed by atoms with van der Waals surface area (Å²) in [5.74, 6) is -2.47. The summed E-state index contributed by atoms with van der Waals surface area (Å²) < 4.78 is 55.5. The fraction of sp³-hybridized carbons (Fsp3) is 0.762. The van der Waals surface area contributed by atoms with Crippen molar-refractivity contribution >= 4 is 17.9 Å². The van der Waals surface area contributed by atoms with Gasteiger partial charge in [0, 0.05) is 5.57 Å². The van der Waals surface area contributed by atoms with Crippen LogP contribution < -0.4 is 0 Å². The van der Waals surface area contributed by atoms with Gasteiger partial charge >= 0.3 is 24.1 Å². The third kappa shape index (κ3) is 4.21. The first-order valence-corrected chi connectivity index (χ1v) is 10.2. The first-order valence-electron chi connectivity index (χ1n) is 10.2. The van der Waals surface area contributed by atoms with Gasteiger partial charge in [0.15, 0.2) is 0 Å². The molecule has 0 saturated heterocycles. The Bertz CT molecular complexity index is 708. The largest absolute Gasteiger partial charge is 0.459 e. The summed E-state index contributed by atoms with van der Waals surface area (Å²) in [5.41, 5.74) is -4.27. The van der Waals surface area contributed by atoms with Gasteiger partial charge in [0.25, 0.3) is 5.60 Å². The lowest BCUT2D eigenvalue weighted by Gasteiger charge is -2.55. The highest BCUT2D eigenvalue weighted by Gasteiger charge is 2.64. The maximum absolute atomic E-state index is 13.8. The van der Waals surface area contributed by atoms with Crippen molar-refractivity contribution in [1.82, 2.24) is 0 Å². The molecular formula is C21H27F3O6. The standard InChI is InChI=1S/C21H27F3O6/c1-12(2)16(25)28-4-5-29-17(26)19(3,21(22,23)24)30-18(27)20-9-13-6-14(10-20)8-15(7-13)11-20/h13-15H,1,4-11H2,2-3H3. The number of ether oxygens (including phenoxy) is 3. The summed E-state index contributed by atoms with van der Waals surface area (Å²) in [4.78, 5) is 36.5. The van der Waals surface area contributed by atoms with Crippen molar-refractivity contribution in [2.24, 2.45) is 23.2 Å². The molecule has 0 heterocycles. The zero-order chi connectivity index (χ0) is 22.3. The van der Waals surface area contributed by atoms with Gasteiger partial charge in [-0.15, -0.1) is 0 Å². The molecule has 4 rings (SSSR count). The quantitative estimate of drug-likeness (QED) is 0.264. The first kappa shape index (κ1) is 22.6. The van der Waals surface area contributed by atoms with E-state index < -0.39 is 48.3 Å². The van der Waals surface area contributed by atoms with E-state index in [0.29, 0.717) is 43.9 Å². The van der Waals surface area contributed by atoms with Crippen LogP contribution in [0.1, 0.15) is 52.4 Å². The predicted molar refractivity (Wildman–Crippen MR) is 97.9 cm³/mol. The smallest absolute Gasteiger partial charge is 0.439 e. The number of carbonyl (C=O) groups is 3. The monoisotopic (exact) mass is 432 g/mol. The van der Waals surface area contributed by atoms with Crippen LogP contribution in [0.2, 0.25) is 0 Å². The molecule has 0 amide bonds. The minimum Gasteiger partial charge on any atom is -0.459 e. The van der Waals surface area contributed by atoms with Crippen LogP contribution in [-0.4, -0.2) is 42.9 Å². The van der Waals surface area contributed by atoms with Crippen LogP contribution >= 0.6 is 0 Å². The van der Waals surface area contributed by atoms with E-state index in [2.05, 4.69) is 11.3 Å². The second kappa shape index (κ2) is 7.89. The van der Waals surface area contributed by atoms with Crippen molar-refractivity contribution in [2.75, 3.05) is 13.2 Å². The topological polar surface area (TPSA) is 78.9 Å². The molecule has 0 spiro atoms. The summed E-state index contributed by atoms with van der Waals surface area (Å²) in [6, 6.07) is 0. The molecule has 4 bridgehead atoms. The highest BCUT2D eigenvalue weighted by Crippen LogP contribution is 2.60. The molecule has 4 saturated carbocycles. The van der Waals surface area contributed by atoms with Crippen molar-refractivity contribution in [1.29, 1.82) is 0 Å². The number of carbonyl (C=O) groups excluding carboxylic acids is 3. The Labute approximate surface area is 173 Å². The van der Waals surface area contributed by atoms with E-state index in [1.54, 1.807) is 0 Å². The summed E-state index contributed by atoms with van der Waals surface area (Å²) in [6.45, 7) is 4.24. The van der Waals surface area contributed by atoms with Crippen molar-refractivity contribution in [3.63, 3.8) is 0 Å². The minimum atomic E-state index is -5.16. The fourth-order valence-electron chi connectivity index (χ4n) is 5.40. The van der Waals surface area contributed by atoms with E-state index in [-0.39, 0.29) is 5.57 Å². The van der Waals surface area contributed by atoms with E-state index in [4.69, 9.17) is 9.47 Å². The number of hydrogen-bond donors (Lipinski definition) is 0. The average Bonchev–Trinajstić information content (AvgIpc) is 2.62.